The highest BCUT2D eigenvalue weighted by Gasteiger charge is 2.14. The molecule has 88 valence electrons. The molecule has 0 aromatic heterocycles. The van der Waals surface area contributed by atoms with Crippen LogP contribution in [-0.4, -0.2) is 12.9 Å². The van der Waals surface area contributed by atoms with Crippen LogP contribution in [0.15, 0.2) is 12.1 Å². The summed E-state index contributed by atoms with van der Waals surface area (Å²) in [6, 6.07) is 3.86. The molecule has 0 atom stereocenters. The molecule has 1 rings (SSSR count). The second kappa shape index (κ2) is 5.15. The van der Waals surface area contributed by atoms with E-state index in [9.17, 15) is 4.79 Å². The molecule has 0 radical (unpaired) electrons. The van der Waals surface area contributed by atoms with Crippen molar-refractivity contribution in [2.45, 2.75) is 34.1 Å². The molecule has 0 saturated heterocycles. The van der Waals surface area contributed by atoms with Gasteiger partial charge in [0.15, 0.2) is 5.78 Å². The van der Waals surface area contributed by atoms with Gasteiger partial charge in [-0.15, -0.1) is 0 Å². The van der Waals surface area contributed by atoms with Crippen LogP contribution in [0.3, 0.4) is 0 Å². The summed E-state index contributed by atoms with van der Waals surface area (Å²) in [6.07, 6.45) is 0.568. The maximum absolute atomic E-state index is 12.0. The third-order valence-corrected chi connectivity index (χ3v) is 2.71. The van der Waals surface area contributed by atoms with Crippen molar-refractivity contribution in [3.05, 3.63) is 28.8 Å². The highest BCUT2D eigenvalue weighted by molar-refractivity contribution is 5.99. The number of hydrogen-bond acceptors (Lipinski definition) is 2. The lowest BCUT2D eigenvalue weighted by molar-refractivity contribution is 0.0965. The summed E-state index contributed by atoms with van der Waals surface area (Å²) in [7, 11) is 1.61. The van der Waals surface area contributed by atoms with Crippen molar-refractivity contribution in [2.24, 2.45) is 5.92 Å². The number of ketones is 1. The maximum atomic E-state index is 12.0. The fourth-order valence-corrected chi connectivity index (χ4v) is 1.66. The van der Waals surface area contributed by atoms with E-state index in [0.717, 1.165) is 11.1 Å². The zero-order chi connectivity index (χ0) is 12.3. The smallest absolute Gasteiger partial charge is 0.166 e. The first-order chi connectivity index (χ1) is 7.45. The van der Waals surface area contributed by atoms with E-state index in [0.29, 0.717) is 23.7 Å². The second-order valence-electron chi connectivity index (χ2n) is 4.66. The van der Waals surface area contributed by atoms with Gasteiger partial charge in [0.2, 0.25) is 0 Å². The highest BCUT2D eigenvalue weighted by atomic mass is 16.5. The van der Waals surface area contributed by atoms with Crippen LogP contribution in [0.2, 0.25) is 0 Å². The quantitative estimate of drug-likeness (QED) is 0.725. The fourth-order valence-electron chi connectivity index (χ4n) is 1.66. The second-order valence-corrected chi connectivity index (χ2v) is 4.66. The number of rotatable bonds is 4. The van der Waals surface area contributed by atoms with Gasteiger partial charge in [0, 0.05) is 6.42 Å². The van der Waals surface area contributed by atoms with E-state index in [-0.39, 0.29) is 5.78 Å². The molecular weight excluding hydrogens is 200 g/mol. The number of carbonyl (C=O) groups is 1. The Morgan fingerprint density at radius 3 is 2.31 bits per heavy atom. The van der Waals surface area contributed by atoms with Gasteiger partial charge in [0.1, 0.15) is 5.75 Å². The van der Waals surface area contributed by atoms with E-state index in [2.05, 4.69) is 0 Å². The van der Waals surface area contributed by atoms with Crippen molar-refractivity contribution in [1.82, 2.24) is 0 Å². The van der Waals surface area contributed by atoms with E-state index < -0.39 is 0 Å². The predicted octanol–water partition coefficient (Wildman–Crippen LogP) is 3.54. The SMILES string of the molecule is COc1cc(C)c(C)cc1C(=O)CC(C)C. The topological polar surface area (TPSA) is 26.3 Å². The van der Waals surface area contributed by atoms with Gasteiger partial charge in [-0.2, -0.15) is 0 Å². The minimum absolute atomic E-state index is 0.162. The molecule has 0 N–H and O–H groups in total. The van der Waals surface area contributed by atoms with Crippen LogP contribution in [0.1, 0.15) is 41.8 Å². The summed E-state index contributed by atoms with van der Waals surface area (Å²) in [5.74, 6) is 1.22. The molecule has 0 heterocycles. The standard InChI is InChI=1S/C14H20O2/c1-9(2)6-13(15)12-7-10(3)11(4)8-14(12)16-5/h7-9H,6H2,1-5H3. The molecule has 0 fully saturated rings. The molecule has 0 aliphatic carbocycles. The summed E-state index contributed by atoms with van der Waals surface area (Å²) < 4.78 is 5.26. The molecule has 0 bridgehead atoms. The van der Waals surface area contributed by atoms with Crippen LogP contribution >= 0.6 is 0 Å². The van der Waals surface area contributed by atoms with Crippen molar-refractivity contribution in [1.29, 1.82) is 0 Å². The van der Waals surface area contributed by atoms with Gasteiger partial charge in [0.25, 0.3) is 0 Å². The van der Waals surface area contributed by atoms with E-state index in [1.807, 2.05) is 39.8 Å². The molecule has 2 heteroatoms. The number of carbonyl (C=O) groups excluding carboxylic acids is 1. The average Bonchev–Trinajstić information content (AvgIpc) is 2.20. The molecule has 0 amide bonds. The molecule has 0 spiro atoms. The van der Waals surface area contributed by atoms with E-state index in [1.165, 1.54) is 0 Å². The molecule has 1 aromatic carbocycles. The zero-order valence-electron chi connectivity index (χ0n) is 10.8. The van der Waals surface area contributed by atoms with Gasteiger partial charge in [-0.1, -0.05) is 13.8 Å². The van der Waals surface area contributed by atoms with Gasteiger partial charge in [-0.25, -0.2) is 0 Å². The fraction of sp³-hybridized carbons (Fsp3) is 0.500. The lowest BCUT2D eigenvalue weighted by atomic mass is 9.97. The first kappa shape index (κ1) is 12.8. The molecule has 0 aliphatic rings. The number of ether oxygens (including phenoxy) is 1. The number of aryl methyl sites for hydroxylation is 2. The average molecular weight is 220 g/mol. The van der Waals surface area contributed by atoms with Gasteiger partial charge in [-0.3, -0.25) is 4.79 Å². The van der Waals surface area contributed by atoms with Crippen LogP contribution in [-0.2, 0) is 0 Å². The minimum atomic E-state index is 0.162. The van der Waals surface area contributed by atoms with E-state index in [1.54, 1.807) is 7.11 Å². The Balaban J connectivity index is 3.11. The number of hydrogen-bond donors (Lipinski definition) is 0. The lowest BCUT2D eigenvalue weighted by Crippen LogP contribution is -2.06. The van der Waals surface area contributed by atoms with Crippen LogP contribution in [0.5, 0.6) is 5.75 Å². The number of Topliss-reactive ketones (excluding diaryl/α,β-unsaturated/α-hetero) is 1. The molecule has 0 unspecified atom stereocenters. The van der Waals surface area contributed by atoms with E-state index in [4.69, 9.17) is 4.74 Å². The van der Waals surface area contributed by atoms with Crippen LogP contribution in [0.4, 0.5) is 0 Å². The number of benzene rings is 1. The van der Waals surface area contributed by atoms with Crippen molar-refractivity contribution in [2.75, 3.05) is 7.11 Å². The molecule has 1 aromatic rings. The summed E-state index contributed by atoms with van der Waals surface area (Å²) in [5, 5.41) is 0. The Bertz CT molecular complexity index is 392. The first-order valence-corrected chi connectivity index (χ1v) is 5.64. The summed E-state index contributed by atoms with van der Waals surface area (Å²) in [5.41, 5.74) is 2.99. The van der Waals surface area contributed by atoms with Gasteiger partial charge in [-0.05, 0) is 43.0 Å². The van der Waals surface area contributed by atoms with Crippen molar-refractivity contribution < 1.29 is 9.53 Å². The minimum Gasteiger partial charge on any atom is -0.496 e. The normalized spacial score (nSPS) is 10.6. The van der Waals surface area contributed by atoms with Gasteiger partial charge in [0.05, 0.1) is 12.7 Å². The van der Waals surface area contributed by atoms with Crippen LogP contribution in [0.25, 0.3) is 0 Å². The molecule has 16 heavy (non-hydrogen) atoms. The summed E-state index contributed by atoms with van der Waals surface area (Å²) >= 11 is 0. The summed E-state index contributed by atoms with van der Waals surface area (Å²) in [6.45, 7) is 8.13. The Morgan fingerprint density at radius 1 is 1.25 bits per heavy atom. The predicted molar refractivity (Wildman–Crippen MR) is 66.3 cm³/mol. The lowest BCUT2D eigenvalue weighted by Gasteiger charge is -2.12. The maximum Gasteiger partial charge on any atom is 0.166 e. The highest BCUT2D eigenvalue weighted by Crippen LogP contribution is 2.25. The summed E-state index contributed by atoms with van der Waals surface area (Å²) in [4.78, 5) is 12.0. The largest absolute Gasteiger partial charge is 0.496 e. The van der Waals surface area contributed by atoms with Crippen molar-refractivity contribution >= 4 is 5.78 Å². The Hall–Kier alpha value is -1.31. The van der Waals surface area contributed by atoms with Crippen LogP contribution < -0.4 is 4.74 Å². The van der Waals surface area contributed by atoms with Crippen LogP contribution in [0, 0.1) is 19.8 Å². The third kappa shape index (κ3) is 2.84. The molecule has 2 nitrogen and oxygen atoms in total. The third-order valence-electron chi connectivity index (χ3n) is 2.71. The van der Waals surface area contributed by atoms with Gasteiger partial charge < -0.3 is 4.74 Å². The first-order valence-electron chi connectivity index (χ1n) is 5.64. The van der Waals surface area contributed by atoms with Crippen molar-refractivity contribution in [3.63, 3.8) is 0 Å². The Kier molecular flexibility index (Phi) is 4.11. The molecule has 0 saturated carbocycles. The van der Waals surface area contributed by atoms with Crippen molar-refractivity contribution in [3.8, 4) is 5.75 Å². The van der Waals surface area contributed by atoms with E-state index >= 15 is 0 Å². The number of methoxy groups -OCH3 is 1. The zero-order valence-corrected chi connectivity index (χ0v) is 10.8. The Labute approximate surface area is 97.6 Å². The molecule has 0 aliphatic heterocycles. The van der Waals surface area contributed by atoms with Gasteiger partial charge >= 0.3 is 0 Å². The molecular formula is C14H20O2. The Morgan fingerprint density at radius 2 is 1.81 bits per heavy atom. The monoisotopic (exact) mass is 220 g/mol.